The summed E-state index contributed by atoms with van der Waals surface area (Å²) in [6.07, 6.45) is 7.41. The number of amides is 2. The zero-order valence-electron chi connectivity index (χ0n) is 14.5. The van der Waals surface area contributed by atoms with Gasteiger partial charge in [0.2, 0.25) is 0 Å². The molecule has 3 aromatic rings. The number of hydrogen-bond acceptors (Lipinski definition) is 4. The van der Waals surface area contributed by atoms with Crippen LogP contribution in [0.25, 0.3) is 11.3 Å². The molecule has 26 heavy (non-hydrogen) atoms. The molecule has 2 amide bonds. The van der Waals surface area contributed by atoms with Gasteiger partial charge in [-0.25, -0.2) is 19.7 Å². The summed E-state index contributed by atoms with van der Waals surface area (Å²) >= 11 is 0. The van der Waals surface area contributed by atoms with E-state index in [-0.39, 0.29) is 6.03 Å². The van der Waals surface area contributed by atoms with Crippen LogP contribution in [0.2, 0.25) is 0 Å². The van der Waals surface area contributed by atoms with Crippen LogP contribution in [-0.4, -0.2) is 37.9 Å². The SMILES string of the molecule is CN(Cc1ncc(-c2ccccc2)[nH]1)C(=O)Nc1cnc(C2CC2)nc1. The van der Waals surface area contributed by atoms with Gasteiger partial charge in [-0.3, -0.25) is 0 Å². The third kappa shape index (κ3) is 3.72. The number of benzene rings is 1. The summed E-state index contributed by atoms with van der Waals surface area (Å²) in [6, 6.07) is 9.72. The minimum Gasteiger partial charge on any atom is -0.341 e. The smallest absolute Gasteiger partial charge is 0.322 e. The molecule has 1 fully saturated rings. The van der Waals surface area contributed by atoms with Crippen LogP contribution in [0.5, 0.6) is 0 Å². The van der Waals surface area contributed by atoms with Crippen molar-refractivity contribution in [1.82, 2.24) is 24.8 Å². The van der Waals surface area contributed by atoms with Gasteiger partial charge < -0.3 is 15.2 Å². The minimum absolute atomic E-state index is 0.231. The molecule has 4 rings (SSSR count). The Bertz CT molecular complexity index is 886. The highest BCUT2D eigenvalue weighted by atomic mass is 16.2. The van der Waals surface area contributed by atoms with Crippen LogP contribution < -0.4 is 5.32 Å². The molecule has 2 N–H and O–H groups in total. The fraction of sp³-hybridized carbons (Fsp3) is 0.263. The molecule has 0 bridgehead atoms. The number of imidazole rings is 1. The Morgan fingerprint density at radius 3 is 2.58 bits per heavy atom. The molecular formula is C19H20N6O. The van der Waals surface area contributed by atoms with Gasteiger partial charge in [-0.05, 0) is 18.4 Å². The van der Waals surface area contributed by atoms with E-state index in [4.69, 9.17) is 0 Å². The Labute approximate surface area is 151 Å². The number of hydrogen-bond donors (Lipinski definition) is 2. The number of rotatable bonds is 5. The first kappa shape index (κ1) is 16.3. The zero-order valence-corrected chi connectivity index (χ0v) is 14.5. The number of carbonyl (C=O) groups excluding carboxylic acids is 1. The number of aromatic nitrogens is 4. The molecule has 0 aliphatic heterocycles. The molecule has 0 saturated heterocycles. The highest BCUT2D eigenvalue weighted by molar-refractivity contribution is 5.88. The lowest BCUT2D eigenvalue weighted by Crippen LogP contribution is -2.31. The molecule has 2 aromatic heterocycles. The van der Waals surface area contributed by atoms with Gasteiger partial charge in [-0.2, -0.15) is 0 Å². The maximum atomic E-state index is 12.3. The lowest BCUT2D eigenvalue weighted by atomic mass is 10.2. The van der Waals surface area contributed by atoms with Crippen LogP contribution in [0, 0.1) is 0 Å². The van der Waals surface area contributed by atoms with Crippen molar-refractivity contribution in [3.8, 4) is 11.3 Å². The van der Waals surface area contributed by atoms with E-state index in [1.54, 1.807) is 30.5 Å². The molecule has 1 saturated carbocycles. The Morgan fingerprint density at radius 2 is 1.88 bits per heavy atom. The van der Waals surface area contributed by atoms with Crippen molar-refractivity contribution in [1.29, 1.82) is 0 Å². The van der Waals surface area contributed by atoms with Gasteiger partial charge in [0, 0.05) is 13.0 Å². The van der Waals surface area contributed by atoms with E-state index < -0.39 is 0 Å². The summed E-state index contributed by atoms with van der Waals surface area (Å²) in [5.74, 6) is 2.09. The molecule has 0 atom stereocenters. The summed E-state index contributed by atoms with van der Waals surface area (Å²) in [5, 5.41) is 2.81. The molecule has 1 aromatic carbocycles. The van der Waals surface area contributed by atoms with Crippen LogP contribution >= 0.6 is 0 Å². The standard InChI is InChI=1S/C19H20N6O/c1-25(12-17-20-11-16(24-17)13-5-3-2-4-6-13)19(26)23-15-9-21-18(22-10-15)14-7-8-14/h2-6,9-11,14H,7-8,12H2,1H3,(H,20,24)(H,23,26). The van der Waals surface area contributed by atoms with E-state index in [0.29, 0.717) is 18.2 Å². The first-order valence-corrected chi connectivity index (χ1v) is 8.62. The first-order chi connectivity index (χ1) is 12.7. The monoisotopic (exact) mass is 348 g/mol. The van der Waals surface area contributed by atoms with E-state index in [1.165, 1.54) is 0 Å². The van der Waals surface area contributed by atoms with E-state index in [2.05, 4.69) is 25.3 Å². The summed E-state index contributed by atoms with van der Waals surface area (Å²) in [5.41, 5.74) is 2.58. The number of H-pyrrole nitrogens is 1. The average Bonchev–Trinajstić information content (AvgIpc) is 3.42. The first-order valence-electron chi connectivity index (χ1n) is 8.62. The molecule has 7 nitrogen and oxygen atoms in total. The van der Waals surface area contributed by atoms with Crippen molar-refractivity contribution in [3.63, 3.8) is 0 Å². The summed E-state index contributed by atoms with van der Waals surface area (Å²) in [6.45, 7) is 0.375. The summed E-state index contributed by atoms with van der Waals surface area (Å²) < 4.78 is 0. The highest BCUT2D eigenvalue weighted by Gasteiger charge is 2.26. The maximum Gasteiger partial charge on any atom is 0.322 e. The maximum absolute atomic E-state index is 12.3. The lowest BCUT2D eigenvalue weighted by Gasteiger charge is -2.16. The van der Waals surface area contributed by atoms with Gasteiger partial charge in [0.1, 0.15) is 11.6 Å². The topological polar surface area (TPSA) is 86.8 Å². The van der Waals surface area contributed by atoms with Crippen molar-refractivity contribution in [2.24, 2.45) is 0 Å². The van der Waals surface area contributed by atoms with Crippen LogP contribution in [0.15, 0.2) is 48.9 Å². The predicted octanol–water partition coefficient (Wildman–Crippen LogP) is 3.41. The Kier molecular flexibility index (Phi) is 4.35. The second-order valence-electron chi connectivity index (χ2n) is 6.50. The average molecular weight is 348 g/mol. The largest absolute Gasteiger partial charge is 0.341 e. The highest BCUT2D eigenvalue weighted by Crippen LogP contribution is 2.37. The van der Waals surface area contributed by atoms with Gasteiger partial charge in [0.15, 0.2) is 0 Å². The summed E-state index contributed by atoms with van der Waals surface area (Å²) in [4.78, 5) is 30.1. The molecule has 1 aliphatic carbocycles. The van der Waals surface area contributed by atoms with E-state index >= 15 is 0 Å². The number of anilines is 1. The Balaban J connectivity index is 1.36. The molecule has 7 heteroatoms. The third-order valence-corrected chi connectivity index (χ3v) is 4.31. The predicted molar refractivity (Wildman–Crippen MR) is 98.5 cm³/mol. The molecule has 132 valence electrons. The lowest BCUT2D eigenvalue weighted by molar-refractivity contribution is 0.219. The van der Waals surface area contributed by atoms with E-state index in [9.17, 15) is 4.79 Å². The third-order valence-electron chi connectivity index (χ3n) is 4.31. The van der Waals surface area contributed by atoms with Gasteiger partial charge in [0.25, 0.3) is 0 Å². The molecule has 0 spiro atoms. The summed E-state index contributed by atoms with van der Waals surface area (Å²) in [7, 11) is 1.72. The van der Waals surface area contributed by atoms with Crippen molar-refractivity contribution in [3.05, 3.63) is 60.6 Å². The number of nitrogens with one attached hydrogen (secondary N) is 2. The van der Waals surface area contributed by atoms with E-state index in [0.717, 1.165) is 35.7 Å². The molecule has 0 unspecified atom stereocenters. The molecular weight excluding hydrogens is 328 g/mol. The number of carbonyl (C=O) groups is 1. The van der Waals surface area contributed by atoms with Crippen molar-refractivity contribution in [2.75, 3.05) is 12.4 Å². The van der Waals surface area contributed by atoms with Gasteiger partial charge in [-0.15, -0.1) is 0 Å². The molecule has 0 radical (unpaired) electrons. The Morgan fingerprint density at radius 1 is 1.15 bits per heavy atom. The van der Waals surface area contributed by atoms with Gasteiger partial charge >= 0.3 is 6.03 Å². The van der Waals surface area contributed by atoms with Crippen molar-refractivity contribution in [2.45, 2.75) is 25.3 Å². The minimum atomic E-state index is -0.231. The fourth-order valence-electron chi connectivity index (χ4n) is 2.68. The fourth-order valence-corrected chi connectivity index (χ4v) is 2.68. The van der Waals surface area contributed by atoms with Crippen molar-refractivity contribution < 1.29 is 4.79 Å². The Hall–Kier alpha value is -3.22. The molecule has 1 aliphatic rings. The number of aromatic amines is 1. The van der Waals surface area contributed by atoms with Gasteiger partial charge in [-0.1, -0.05) is 30.3 Å². The normalized spacial score (nSPS) is 13.4. The zero-order chi connectivity index (χ0) is 17.9. The van der Waals surface area contributed by atoms with Gasteiger partial charge in [0.05, 0.1) is 36.5 Å². The molecule has 2 heterocycles. The van der Waals surface area contributed by atoms with Crippen LogP contribution in [0.1, 0.15) is 30.4 Å². The second kappa shape index (κ2) is 6.95. The van der Waals surface area contributed by atoms with Crippen LogP contribution in [0.4, 0.5) is 10.5 Å². The van der Waals surface area contributed by atoms with Crippen LogP contribution in [0.3, 0.4) is 0 Å². The van der Waals surface area contributed by atoms with Crippen LogP contribution in [-0.2, 0) is 6.54 Å². The second-order valence-corrected chi connectivity index (χ2v) is 6.50. The van der Waals surface area contributed by atoms with E-state index in [1.807, 2.05) is 30.3 Å². The van der Waals surface area contributed by atoms with Crippen molar-refractivity contribution >= 4 is 11.7 Å². The number of nitrogens with zero attached hydrogens (tertiary/aromatic N) is 4. The quantitative estimate of drug-likeness (QED) is 0.740. The number of urea groups is 1.